The van der Waals surface area contributed by atoms with Gasteiger partial charge in [0, 0.05) is 0 Å². The van der Waals surface area contributed by atoms with Crippen LogP contribution >= 0.6 is 0 Å². The summed E-state index contributed by atoms with van der Waals surface area (Å²) in [6, 6.07) is 2.79. The number of pyridine rings is 1. The van der Waals surface area contributed by atoms with Gasteiger partial charge in [0.15, 0.2) is 0 Å². The minimum atomic E-state index is -1.07. The van der Waals surface area contributed by atoms with E-state index in [9.17, 15) is 4.79 Å². The average molecular weight is 182 g/mol. The predicted octanol–water partition coefficient (Wildman–Crippen LogP) is 0.761. The standard InChI is InChI=1S/C8H10N2O3/c1-2-13-7-5(8(11)12)3-4-6(9)10-7/h3-4H,2H2,1H3,(H2,9,10)(H,11,12). The summed E-state index contributed by atoms with van der Waals surface area (Å²) in [5.41, 5.74) is 5.40. The molecule has 1 aromatic rings. The van der Waals surface area contributed by atoms with Crippen molar-refractivity contribution in [2.75, 3.05) is 12.3 Å². The lowest BCUT2D eigenvalue weighted by Crippen LogP contribution is -2.06. The van der Waals surface area contributed by atoms with Gasteiger partial charge in [-0.25, -0.2) is 4.79 Å². The quantitative estimate of drug-likeness (QED) is 0.720. The van der Waals surface area contributed by atoms with E-state index in [-0.39, 0.29) is 17.3 Å². The van der Waals surface area contributed by atoms with Crippen molar-refractivity contribution < 1.29 is 14.6 Å². The second kappa shape index (κ2) is 3.75. The summed E-state index contributed by atoms with van der Waals surface area (Å²) in [5, 5.41) is 8.72. The smallest absolute Gasteiger partial charge is 0.341 e. The Morgan fingerprint density at radius 3 is 2.92 bits per heavy atom. The van der Waals surface area contributed by atoms with Gasteiger partial charge in [0.25, 0.3) is 0 Å². The largest absolute Gasteiger partial charge is 0.477 e. The number of hydrogen-bond donors (Lipinski definition) is 2. The minimum Gasteiger partial charge on any atom is -0.477 e. The van der Waals surface area contributed by atoms with Gasteiger partial charge in [-0.1, -0.05) is 0 Å². The molecule has 70 valence electrons. The van der Waals surface area contributed by atoms with Gasteiger partial charge >= 0.3 is 5.97 Å². The maximum Gasteiger partial charge on any atom is 0.341 e. The lowest BCUT2D eigenvalue weighted by Gasteiger charge is -2.05. The Bertz CT molecular complexity index is 325. The molecular weight excluding hydrogens is 172 g/mol. The molecule has 0 aliphatic heterocycles. The zero-order chi connectivity index (χ0) is 9.84. The zero-order valence-corrected chi connectivity index (χ0v) is 7.15. The van der Waals surface area contributed by atoms with Crippen molar-refractivity contribution in [3.05, 3.63) is 17.7 Å². The fraction of sp³-hybridized carbons (Fsp3) is 0.250. The van der Waals surface area contributed by atoms with E-state index in [0.717, 1.165) is 0 Å². The van der Waals surface area contributed by atoms with E-state index in [1.54, 1.807) is 6.92 Å². The summed E-state index contributed by atoms with van der Waals surface area (Å²) in [7, 11) is 0. The molecule has 0 saturated carbocycles. The van der Waals surface area contributed by atoms with Crippen LogP contribution in [0.3, 0.4) is 0 Å². The van der Waals surface area contributed by atoms with Crippen LogP contribution in [0.15, 0.2) is 12.1 Å². The fourth-order valence-corrected chi connectivity index (χ4v) is 0.864. The highest BCUT2D eigenvalue weighted by molar-refractivity contribution is 5.90. The summed E-state index contributed by atoms with van der Waals surface area (Å²) < 4.78 is 5.01. The Kier molecular flexibility index (Phi) is 2.69. The fourth-order valence-electron chi connectivity index (χ4n) is 0.864. The van der Waals surface area contributed by atoms with Crippen LogP contribution in [0.5, 0.6) is 5.88 Å². The van der Waals surface area contributed by atoms with Crippen molar-refractivity contribution >= 4 is 11.8 Å². The van der Waals surface area contributed by atoms with Crippen LogP contribution in [0.25, 0.3) is 0 Å². The molecule has 1 heterocycles. The van der Waals surface area contributed by atoms with Crippen molar-refractivity contribution in [2.24, 2.45) is 0 Å². The Morgan fingerprint density at radius 1 is 1.69 bits per heavy atom. The molecule has 0 fully saturated rings. The van der Waals surface area contributed by atoms with Gasteiger partial charge in [0.2, 0.25) is 5.88 Å². The number of rotatable bonds is 3. The van der Waals surface area contributed by atoms with Gasteiger partial charge in [0.05, 0.1) is 6.61 Å². The van der Waals surface area contributed by atoms with Gasteiger partial charge in [-0.15, -0.1) is 0 Å². The number of carboxylic acids is 1. The highest BCUT2D eigenvalue weighted by Gasteiger charge is 2.12. The Morgan fingerprint density at radius 2 is 2.38 bits per heavy atom. The van der Waals surface area contributed by atoms with Crippen LogP contribution < -0.4 is 10.5 Å². The van der Waals surface area contributed by atoms with Gasteiger partial charge in [0.1, 0.15) is 11.4 Å². The first-order valence-electron chi connectivity index (χ1n) is 3.77. The molecule has 0 aromatic carbocycles. The molecule has 3 N–H and O–H groups in total. The summed E-state index contributed by atoms with van der Waals surface area (Å²) in [4.78, 5) is 14.4. The molecular formula is C8H10N2O3. The van der Waals surface area contributed by atoms with Crippen LogP contribution in [0.1, 0.15) is 17.3 Å². The van der Waals surface area contributed by atoms with Gasteiger partial charge in [-0.05, 0) is 19.1 Å². The second-order valence-electron chi connectivity index (χ2n) is 2.33. The molecule has 0 amide bonds. The molecule has 5 nitrogen and oxygen atoms in total. The predicted molar refractivity (Wildman–Crippen MR) is 46.8 cm³/mol. The Hall–Kier alpha value is -1.78. The summed E-state index contributed by atoms with van der Waals surface area (Å²) in [6.45, 7) is 2.10. The number of nitrogen functional groups attached to an aromatic ring is 1. The van der Waals surface area contributed by atoms with Crippen LogP contribution in [-0.2, 0) is 0 Å². The van der Waals surface area contributed by atoms with E-state index < -0.39 is 5.97 Å². The summed E-state index contributed by atoms with van der Waals surface area (Å²) in [6.07, 6.45) is 0. The van der Waals surface area contributed by atoms with Crippen molar-refractivity contribution in [3.63, 3.8) is 0 Å². The van der Waals surface area contributed by atoms with E-state index in [0.29, 0.717) is 6.61 Å². The summed E-state index contributed by atoms with van der Waals surface area (Å²) in [5.74, 6) is -0.764. The highest BCUT2D eigenvalue weighted by atomic mass is 16.5. The number of anilines is 1. The molecule has 0 saturated heterocycles. The number of carbonyl (C=O) groups is 1. The van der Waals surface area contributed by atoms with Crippen molar-refractivity contribution in [3.8, 4) is 5.88 Å². The molecule has 1 aromatic heterocycles. The third-order valence-corrected chi connectivity index (χ3v) is 1.39. The van der Waals surface area contributed by atoms with Crippen LogP contribution in [0, 0.1) is 0 Å². The third kappa shape index (κ3) is 2.08. The molecule has 0 atom stereocenters. The van der Waals surface area contributed by atoms with Crippen LogP contribution in [0.2, 0.25) is 0 Å². The normalized spacial score (nSPS) is 9.62. The molecule has 0 radical (unpaired) electrons. The molecule has 0 aliphatic carbocycles. The average Bonchev–Trinajstić information content (AvgIpc) is 2.04. The number of nitrogens with zero attached hydrogens (tertiary/aromatic N) is 1. The first-order valence-corrected chi connectivity index (χ1v) is 3.77. The number of nitrogens with two attached hydrogens (primary N) is 1. The van der Waals surface area contributed by atoms with Crippen molar-refractivity contribution in [1.29, 1.82) is 0 Å². The number of carboxylic acid groups (broad SMARTS) is 1. The number of aromatic nitrogens is 1. The molecule has 13 heavy (non-hydrogen) atoms. The maximum absolute atomic E-state index is 10.6. The second-order valence-corrected chi connectivity index (χ2v) is 2.33. The van der Waals surface area contributed by atoms with Crippen molar-refractivity contribution in [1.82, 2.24) is 4.98 Å². The van der Waals surface area contributed by atoms with Crippen LogP contribution in [-0.4, -0.2) is 22.7 Å². The van der Waals surface area contributed by atoms with Gasteiger partial charge in [-0.2, -0.15) is 4.98 Å². The molecule has 0 aliphatic rings. The lowest BCUT2D eigenvalue weighted by atomic mass is 10.2. The molecule has 0 spiro atoms. The van der Waals surface area contributed by atoms with E-state index in [2.05, 4.69) is 4.98 Å². The monoisotopic (exact) mass is 182 g/mol. The highest BCUT2D eigenvalue weighted by Crippen LogP contribution is 2.16. The topological polar surface area (TPSA) is 85.4 Å². The first-order chi connectivity index (χ1) is 6.15. The maximum atomic E-state index is 10.6. The Labute approximate surface area is 75.2 Å². The molecule has 0 unspecified atom stereocenters. The lowest BCUT2D eigenvalue weighted by molar-refractivity contribution is 0.0691. The Balaban J connectivity index is 3.10. The molecule has 1 rings (SSSR count). The number of ether oxygens (including phenoxy) is 1. The molecule has 5 heteroatoms. The SMILES string of the molecule is CCOc1nc(N)ccc1C(=O)O. The van der Waals surface area contributed by atoms with Gasteiger partial charge < -0.3 is 15.6 Å². The molecule has 0 bridgehead atoms. The number of aromatic carboxylic acids is 1. The minimum absolute atomic E-state index is 0.0241. The first kappa shape index (κ1) is 9.31. The van der Waals surface area contributed by atoms with E-state index in [1.807, 2.05) is 0 Å². The zero-order valence-electron chi connectivity index (χ0n) is 7.15. The van der Waals surface area contributed by atoms with Gasteiger partial charge in [-0.3, -0.25) is 0 Å². The summed E-state index contributed by atoms with van der Waals surface area (Å²) >= 11 is 0. The van der Waals surface area contributed by atoms with Crippen LogP contribution in [0.4, 0.5) is 5.82 Å². The number of hydrogen-bond acceptors (Lipinski definition) is 4. The third-order valence-electron chi connectivity index (χ3n) is 1.39. The van der Waals surface area contributed by atoms with Crippen molar-refractivity contribution in [2.45, 2.75) is 6.92 Å². The van der Waals surface area contributed by atoms with E-state index >= 15 is 0 Å². The van der Waals surface area contributed by atoms with E-state index in [4.69, 9.17) is 15.6 Å². The van der Waals surface area contributed by atoms with E-state index in [1.165, 1.54) is 12.1 Å².